The van der Waals surface area contributed by atoms with Gasteiger partial charge in [0, 0.05) is 11.1 Å². The van der Waals surface area contributed by atoms with Crippen molar-refractivity contribution >= 4 is 22.9 Å². The van der Waals surface area contributed by atoms with Gasteiger partial charge in [0.15, 0.2) is 5.78 Å². The van der Waals surface area contributed by atoms with Crippen LogP contribution in [0.25, 0.3) is 11.1 Å². The number of esters is 1. The first-order chi connectivity index (χ1) is 12.2. The number of ether oxygens (including phenoxy) is 1. The van der Waals surface area contributed by atoms with E-state index < -0.39 is 5.97 Å². The van der Waals surface area contributed by atoms with Gasteiger partial charge in [-0.3, -0.25) is 4.79 Å². The molecule has 1 aliphatic rings. The van der Waals surface area contributed by atoms with Crippen molar-refractivity contribution in [1.29, 1.82) is 0 Å². The molecule has 0 amide bonds. The molecular formula is C22H20O3. The summed E-state index contributed by atoms with van der Waals surface area (Å²) in [6.07, 6.45) is 0.558. The van der Waals surface area contributed by atoms with Crippen LogP contribution in [0, 0.1) is 0 Å². The molecule has 0 unspecified atom stereocenters. The third-order valence-corrected chi connectivity index (χ3v) is 4.26. The quantitative estimate of drug-likeness (QED) is 0.600. The zero-order valence-corrected chi connectivity index (χ0v) is 14.4. The van der Waals surface area contributed by atoms with Crippen molar-refractivity contribution in [2.24, 2.45) is 0 Å². The molecular weight excluding hydrogens is 312 g/mol. The minimum absolute atomic E-state index is 0.142. The summed E-state index contributed by atoms with van der Waals surface area (Å²) in [7, 11) is 0. The highest BCUT2D eigenvalue weighted by Crippen LogP contribution is 2.44. The number of carbonyl (C=O) groups excluding carboxylic acids is 2. The SMILES string of the molecule is CCOC(=O)C1=C(c2ccccc2)C(c2ccccc2)=C(CC)C1=O. The number of hydrogen-bond acceptors (Lipinski definition) is 3. The lowest BCUT2D eigenvalue weighted by molar-refractivity contribution is -0.139. The van der Waals surface area contributed by atoms with Crippen molar-refractivity contribution in [3.05, 3.63) is 82.9 Å². The Morgan fingerprint density at radius 2 is 1.36 bits per heavy atom. The first-order valence-corrected chi connectivity index (χ1v) is 8.49. The normalized spacial score (nSPS) is 14.2. The molecule has 0 saturated carbocycles. The van der Waals surface area contributed by atoms with Gasteiger partial charge in [0.2, 0.25) is 0 Å². The summed E-state index contributed by atoms with van der Waals surface area (Å²) >= 11 is 0. The summed E-state index contributed by atoms with van der Waals surface area (Å²) in [6.45, 7) is 3.92. The lowest BCUT2D eigenvalue weighted by atomic mass is 9.91. The summed E-state index contributed by atoms with van der Waals surface area (Å²) in [5, 5.41) is 0. The molecule has 0 N–H and O–H groups in total. The highest BCUT2D eigenvalue weighted by molar-refractivity contribution is 6.41. The van der Waals surface area contributed by atoms with Crippen molar-refractivity contribution < 1.29 is 14.3 Å². The Kier molecular flexibility index (Phi) is 4.94. The maximum Gasteiger partial charge on any atom is 0.342 e. The molecule has 25 heavy (non-hydrogen) atoms. The van der Waals surface area contributed by atoms with Crippen molar-refractivity contribution in [1.82, 2.24) is 0 Å². The van der Waals surface area contributed by atoms with Gasteiger partial charge >= 0.3 is 5.97 Å². The van der Waals surface area contributed by atoms with E-state index in [1.165, 1.54) is 0 Å². The lowest BCUT2D eigenvalue weighted by Gasteiger charge is -2.12. The number of Topliss-reactive ketones (excluding diaryl/α,β-unsaturated/α-hetero) is 1. The molecule has 0 radical (unpaired) electrons. The van der Waals surface area contributed by atoms with Gasteiger partial charge in [0.1, 0.15) is 5.57 Å². The lowest BCUT2D eigenvalue weighted by Crippen LogP contribution is -2.15. The van der Waals surface area contributed by atoms with E-state index in [4.69, 9.17) is 4.74 Å². The van der Waals surface area contributed by atoms with Gasteiger partial charge in [-0.15, -0.1) is 0 Å². The van der Waals surface area contributed by atoms with Gasteiger partial charge in [0.25, 0.3) is 0 Å². The Balaban J connectivity index is 2.29. The predicted octanol–water partition coefficient (Wildman–Crippen LogP) is 4.45. The van der Waals surface area contributed by atoms with E-state index in [9.17, 15) is 9.59 Å². The van der Waals surface area contributed by atoms with Crippen molar-refractivity contribution in [3.63, 3.8) is 0 Å². The molecule has 3 nitrogen and oxygen atoms in total. The largest absolute Gasteiger partial charge is 0.462 e. The average Bonchev–Trinajstić information content (AvgIpc) is 2.95. The van der Waals surface area contributed by atoms with Crippen LogP contribution >= 0.6 is 0 Å². The van der Waals surface area contributed by atoms with Crippen LogP contribution in [0.2, 0.25) is 0 Å². The third kappa shape index (κ3) is 3.05. The standard InChI is InChI=1S/C22H20O3/c1-3-17-18(15-11-7-5-8-12-15)19(16-13-9-6-10-14-16)20(21(17)23)22(24)25-4-2/h5-14H,3-4H2,1-2H3. The fourth-order valence-electron chi connectivity index (χ4n) is 3.21. The Hall–Kier alpha value is -2.94. The molecule has 0 aromatic heterocycles. The van der Waals surface area contributed by atoms with E-state index in [2.05, 4.69) is 0 Å². The van der Waals surface area contributed by atoms with Gasteiger partial charge < -0.3 is 4.74 Å². The summed E-state index contributed by atoms with van der Waals surface area (Å²) in [5.74, 6) is -0.776. The Morgan fingerprint density at radius 1 is 0.840 bits per heavy atom. The van der Waals surface area contributed by atoms with E-state index in [0.29, 0.717) is 17.6 Å². The molecule has 126 valence electrons. The summed E-state index contributed by atoms with van der Waals surface area (Å²) in [6, 6.07) is 19.3. The first-order valence-electron chi connectivity index (χ1n) is 8.49. The first kappa shape index (κ1) is 16.9. The summed E-state index contributed by atoms with van der Waals surface area (Å²) < 4.78 is 5.18. The average molecular weight is 332 g/mol. The van der Waals surface area contributed by atoms with Crippen LogP contribution in [0.4, 0.5) is 0 Å². The molecule has 0 bridgehead atoms. The van der Waals surface area contributed by atoms with E-state index in [1.807, 2.05) is 67.6 Å². The maximum absolute atomic E-state index is 13.0. The predicted molar refractivity (Wildman–Crippen MR) is 98.7 cm³/mol. The zero-order valence-electron chi connectivity index (χ0n) is 14.4. The molecule has 0 aliphatic heterocycles. The third-order valence-electron chi connectivity index (χ3n) is 4.26. The van der Waals surface area contributed by atoms with Gasteiger partial charge in [-0.2, -0.15) is 0 Å². The number of hydrogen-bond donors (Lipinski definition) is 0. The minimum atomic E-state index is -0.553. The van der Waals surface area contributed by atoms with Gasteiger partial charge in [0.05, 0.1) is 6.61 Å². The van der Waals surface area contributed by atoms with Gasteiger partial charge in [-0.25, -0.2) is 4.79 Å². The molecule has 1 aliphatic carbocycles. The fourth-order valence-corrected chi connectivity index (χ4v) is 3.21. The molecule has 0 atom stereocenters. The van der Waals surface area contributed by atoms with E-state index in [-0.39, 0.29) is 18.0 Å². The molecule has 2 aromatic rings. The van der Waals surface area contributed by atoms with Crippen LogP contribution in [0.3, 0.4) is 0 Å². The number of allylic oxidation sites excluding steroid dienone is 3. The van der Waals surface area contributed by atoms with E-state index in [0.717, 1.165) is 16.7 Å². The number of rotatable bonds is 5. The molecule has 0 fully saturated rings. The molecule has 0 saturated heterocycles. The van der Waals surface area contributed by atoms with E-state index >= 15 is 0 Å². The topological polar surface area (TPSA) is 43.4 Å². The van der Waals surface area contributed by atoms with Crippen molar-refractivity contribution in [2.75, 3.05) is 6.61 Å². The Bertz CT molecular complexity index is 859. The highest BCUT2D eigenvalue weighted by atomic mass is 16.5. The molecule has 0 heterocycles. The number of ketones is 1. The molecule has 0 spiro atoms. The van der Waals surface area contributed by atoms with E-state index in [1.54, 1.807) is 6.92 Å². The molecule has 3 heteroatoms. The van der Waals surface area contributed by atoms with Crippen LogP contribution in [-0.4, -0.2) is 18.4 Å². The highest BCUT2D eigenvalue weighted by Gasteiger charge is 2.37. The van der Waals surface area contributed by atoms with Gasteiger partial charge in [-0.1, -0.05) is 67.6 Å². The smallest absolute Gasteiger partial charge is 0.342 e. The molecule has 2 aromatic carbocycles. The fraction of sp³-hybridized carbons (Fsp3) is 0.182. The maximum atomic E-state index is 13.0. The van der Waals surface area contributed by atoms with Crippen molar-refractivity contribution in [2.45, 2.75) is 20.3 Å². The van der Waals surface area contributed by atoms with Crippen LogP contribution < -0.4 is 0 Å². The minimum Gasteiger partial charge on any atom is -0.462 e. The second-order valence-corrected chi connectivity index (χ2v) is 5.74. The summed E-state index contributed by atoms with van der Waals surface area (Å²) in [5.41, 5.74) is 4.10. The van der Waals surface area contributed by atoms with Crippen molar-refractivity contribution in [3.8, 4) is 0 Å². The van der Waals surface area contributed by atoms with Crippen LogP contribution in [0.15, 0.2) is 71.8 Å². The monoisotopic (exact) mass is 332 g/mol. The van der Waals surface area contributed by atoms with Gasteiger partial charge in [-0.05, 0) is 30.0 Å². The van der Waals surface area contributed by atoms with Crippen LogP contribution in [0.1, 0.15) is 31.4 Å². The van der Waals surface area contributed by atoms with Crippen LogP contribution in [0.5, 0.6) is 0 Å². The number of benzene rings is 2. The Morgan fingerprint density at radius 3 is 1.84 bits per heavy atom. The van der Waals surface area contributed by atoms with Crippen LogP contribution in [-0.2, 0) is 14.3 Å². The second-order valence-electron chi connectivity index (χ2n) is 5.74. The summed E-state index contributed by atoms with van der Waals surface area (Å²) in [4.78, 5) is 25.6. The molecule has 3 rings (SSSR count). The number of carbonyl (C=O) groups is 2. The Labute approximate surface area is 147 Å². The second kappa shape index (κ2) is 7.31. The zero-order chi connectivity index (χ0) is 17.8.